The van der Waals surface area contributed by atoms with Crippen LogP contribution in [0.1, 0.15) is 36.2 Å². The zero-order valence-electron chi connectivity index (χ0n) is 10.9. The number of hydrogen-bond donors (Lipinski definition) is 1. The summed E-state index contributed by atoms with van der Waals surface area (Å²) in [6, 6.07) is 1.71. The number of aliphatic carboxylic acids is 1. The molecule has 0 saturated heterocycles. The van der Waals surface area contributed by atoms with Crippen LogP contribution in [-0.2, 0) is 4.79 Å². The van der Waals surface area contributed by atoms with Crippen LogP contribution in [0.5, 0.6) is 0 Å². The number of carboxylic acids is 1. The van der Waals surface area contributed by atoms with Gasteiger partial charge in [-0.15, -0.1) is 0 Å². The average Bonchev–Trinajstić information content (AvgIpc) is 2.28. The van der Waals surface area contributed by atoms with Crippen molar-refractivity contribution < 1.29 is 14.7 Å². The number of pyridine rings is 1. The summed E-state index contributed by atoms with van der Waals surface area (Å²) < 4.78 is 0. The Morgan fingerprint density at radius 3 is 2.56 bits per heavy atom. The molecule has 98 valence electrons. The van der Waals surface area contributed by atoms with Gasteiger partial charge in [-0.3, -0.25) is 14.6 Å². The normalized spacial score (nSPS) is 10.4. The van der Waals surface area contributed by atoms with Crippen LogP contribution in [0.3, 0.4) is 0 Å². The lowest BCUT2D eigenvalue weighted by molar-refractivity contribution is -0.137. The van der Waals surface area contributed by atoms with Crippen LogP contribution < -0.4 is 0 Å². The van der Waals surface area contributed by atoms with Crippen LogP contribution in [-0.4, -0.2) is 39.5 Å². The molecule has 0 fully saturated rings. The quantitative estimate of drug-likeness (QED) is 0.863. The third-order valence-electron chi connectivity index (χ3n) is 2.57. The van der Waals surface area contributed by atoms with Gasteiger partial charge in [0.25, 0.3) is 5.91 Å². The van der Waals surface area contributed by atoms with Gasteiger partial charge in [-0.2, -0.15) is 0 Å². The van der Waals surface area contributed by atoms with Gasteiger partial charge >= 0.3 is 5.97 Å². The predicted molar refractivity (Wildman–Crippen MR) is 67.4 cm³/mol. The number of carbonyl (C=O) groups excluding carboxylic acids is 1. The van der Waals surface area contributed by atoms with Gasteiger partial charge < -0.3 is 10.0 Å². The molecule has 18 heavy (non-hydrogen) atoms. The smallest absolute Gasteiger partial charge is 0.305 e. The third kappa shape index (κ3) is 3.84. The van der Waals surface area contributed by atoms with Crippen molar-refractivity contribution in [3.8, 4) is 0 Å². The second-order valence-electron chi connectivity index (χ2n) is 4.49. The molecule has 0 unspecified atom stereocenters. The van der Waals surface area contributed by atoms with E-state index < -0.39 is 5.97 Å². The monoisotopic (exact) mass is 250 g/mol. The van der Waals surface area contributed by atoms with Crippen LogP contribution in [0.25, 0.3) is 0 Å². The first-order chi connectivity index (χ1) is 8.41. The van der Waals surface area contributed by atoms with Crippen LogP contribution in [0.4, 0.5) is 0 Å². The second-order valence-corrected chi connectivity index (χ2v) is 4.49. The molecule has 0 aromatic carbocycles. The van der Waals surface area contributed by atoms with Gasteiger partial charge in [0.2, 0.25) is 0 Å². The lowest BCUT2D eigenvalue weighted by atomic mass is 10.1. The molecule has 1 amide bonds. The average molecular weight is 250 g/mol. The predicted octanol–water partition coefficient (Wildman–Crippen LogP) is 1.72. The first-order valence-electron chi connectivity index (χ1n) is 5.86. The van der Waals surface area contributed by atoms with E-state index in [4.69, 9.17) is 5.11 Å². The van der Waals surface area contributed by atoms with E-state index in [2.05, 4.69) is 4.98 Å². The van der Waals surface area contributed by atoms with Gasteiger partial charge in [0, 0.05) is 25.0 Å². The van der Waals surface area contributed by atoms with Crippen molar-refractivity contribution in [1.29, 1.82) is 0 Å². The van der Waals surface area contributed by atoms with Gasteiger partial charge in [-0.1, -0.05) is 0 Å². The number of aromatic nitrogens is 1. The Morgan fingerprint density at radius 2 is 2.06 bits per heavy atom. The Hall–Kier alpha value is -1.91. The SMILES string of the molecule is Cc1cncc(C(=O)N(CCC(=O)O)C(C)C)c1. The van der Waals surface area contributed by atoms with E-state index in [0.29, 0.717) is 5.56 Å². The summed E-state index contributed by atoms with van der Waals surface area (Å²) in [4.78, 5) is 28.4. The Kier molecular flexibility index (Phi) is 4.83. The number of carboxylic acid groups (broad SMARTS) is 1. The Morgan fingerprint density at radius 1 is 1.39 bits per heavy atom. The summed E-state index contributed by atoms with van der Waals surface area (Å²) in [7, 11) is 0. The van der Waals surface area contributed by atoms with E-state index in [0.717, 1.165) is 5.56 Å². The van der Waals surface area contributed by atoms with E-state index in [-0.39, 0.29) is 24.9 Å². The van der Waals surface area contributed by atoms with Crippen molar-refractivity contribution in [3.05, 3.63) is 29.6 Å². The highest BCUT2D eigenvalue weighted by Crippen LogP contribution is 2.10. The summed E-state index contributed by atoms with van der Waals surface area (Å²) in [5.41, 5.74) is 1.40. The molecular weight excluding hydrogens is 232 g/mol. The molecule has 1 aromatic heterocycles. The molecule has 5 heteroatoms. The highest BCUT2D eigenvalue weighted by Gasteiger charge is 2.19. The van der Waals surface area contributed by atoms with Gasteiger partial charge in [-0.25, -0.2) is 0 Å². The number of carbonyl (C=O) groups is 2. The number of hydrogen-bond acceptors (Lipinski definition) is 3. The fraction of sp³-hybridized carbons (Fsp3) is 0.462. The van der Waals surface area contributed by atoms with Crippen LogP contribution >= 0.6 is 0 Å². The molecule has 0 saturated carbocycles. The van der Waals surface area contributed by atoms with E-state index in [1.54, 1.807) is 17.2 Å². The van der Waals surface area contributed by atoms with Gasteiger partial charge in [0.1, 0.15) is 0 Å². The topological polar surface area (TPSA) is 70.5 Å². The van der Waals surface area contributed by atoms with Crippen LogP contribution in [0.2, 0.25) is 0 Å². The molecule has 0 aliphatic carbocycles. The molecule has 5 nitrogen and oxygen atoms in total. The first kappa shape index (κ1) is 14.2. The molecule has 0 aliphatic rings. The maximum Gasteiger partial charge on any atom is 0.305 e. The standard InChI is InChI=1S/C13H18N2O3/c1-9(2)15(5-4-12(16)17)13(18)11-6-10(3)7-14-8-11/h6-9H,4-5H2,1-3H3,(H,16,17). The third-order valence-corrected chi connectivity index (χ3v) is 2.57. The molecular formula is C13H18N2O3. The molecule has 0 spiro atoms. The fourth-order valence-corrected chi connectivity index (χ4v) is 1.65. The van der Waals surface area contributed by atoms with Crippen LogP contribution in [0.15, 0.2) is 18.5 Å². The number of aryl methyl sites for hydroxylation is 1. The molecule has 0 radical (unpaired) electrons. The molecule has 0 aliphatic heterocycles. The van der Waals surface area contributed by atoms with Crippen molar-refractivity contribution in [2.75, 3.05) is 6.54 Å². The molecule has 0 atom stereocenters. The van der Waals surface area contributed by atoms with Gasteiger partial charge in [0.15, 0.2) is 0 Å². The number of rotatable bonds is 5. The largest absolute Gasteiger partial charge is 0.481 e. The minimum atomic E-state index is -0.907. The maximum absolute atomic E-state index is 12.2. The second kappa shape index (κ2) is 6.14. The van der Waals surface area contributed by atoms with Crippen molar-refractivity contribution in [2.24, 2.45) is 0 Å². The van der Waals surface area contributed by atoms with E-state index in [9.17, 15) is 9.59 Å². The number of amides is 1. The number of nitrogens with zero attached hydrogens (tertiary/aromatic N) is 2. The zero-order valence-corrected chi connectivity index (χ0v) is 10.9. The highest BCUT2D eigenvalue weighted by atomic mass is 16.4. The molecule has 1 rings (SSSR count). The van der Waals surface area contributed by atoms with Crippen molar-refractivity contribution in [2.45, 2.75) is 33.2 Å². The van der Waals surface area contributed by atoms with Crippen molar-refractivity contribution >= 4 is 11.9 Å². The van der Waals surface area contributed by atoms with Crippen molar-refractivity contribution in [1.82, 2.24) is 9.88 Å². The summed E-state index contributed by atoms with van der Waals surface area (Å²) in [5, 5.41) is 8.69. The molecule has 1 aromatic rings. The lowest BCUT2D eigenvalue weighted by Crippen LogP contribution is -2.38. The van der Waals surface area contributed by atoms with Gasteiger partial charge in [-0.05, 0) is 32.4 Å². The maximum atomic E-state index is 12.2. The minimum absolute atomic E-state index is 0.0441. The minimum Gasteiger partial charge on any atom is -0.481 e. The summed E-state index contributed by atoms with van der Waals surface area (Å²) >= 11 is 0. The van der Waals surface area contributed by atoms with E-state index in [1.165, 1.54) is 6.20 Å². The molecule has 1 heterocycles. The van der Waals surface area contributed by atoms with Crippen molar-refractivity contribution in [3.63, 3.8) is 0 Å². The Labute approximate surface area is 106 Å². The summed E-state index contributed by atoms with van der Waals surface area (Å²) in [5.74, 6) is -1.08. The van der Waals surface area contributed by atoms with Gasteiger partial charge in [0.05, 0.1) is 12.0 Å². The highest BCUT2D eigenvalue weighted by molar-refractivity contribution is 5.94. The van der Waals surface area contributed by atoms with E-state index in [1.807, 2.05) is 20.8 Å². The first-order valence-corrected chi connectivity index (χ1v) is 5.86. The summed E-state index contributed by atoms with van der Waals surface area (Å²) in [6.45, 7) is 5.80. The molecule has 1 N–H and O–H groups in total. The summed E-state index contributed by atoms with van der Waals surface area (Å²) in [6.07, 6.45) is 3.13. The van der Waals surface area contributed by atoms with Crippen LogP contribution in [0, 0.1) is 6.92 Å². The molecule has 0 bridgehead atoms. The lowest BCUT2D eigenvalue weighted by Gasteiger charge is -2.26. The Balaban J connectivity index is 2.85. The zero-order chi connectivity index (χ0) is 13.7. The van der Waals surface area contributed by atoms with E-state index >= 15 is 0 Å². The fourth-order valence-electron chi connectivity index (χ4n) is 1.65. The Bertz CT molecular complexity index is 444.